The van der Waals surface area contributed by atoms with Crippen LogP contribution in [0.1, 0.15) is 25.3 Å². The minimum absolute atomic E-state index is 0.310. The van der Waals surface area contributed by atoms with Crippen LogP contribution in [0.5, 0.6) is 0 Å². The van der Waals surface area contributed by atoms with Crippen molar-refractivity contribution in [1.82, 2.24) is 0 Å². The Morgan fingerprint density at radius 1 is 0.950 bits per heavy atom. The molecule has 0 fully saturated rings. The average Bonchev–Trinajstić information content (AvgIpc) is 2.53. The second kappa shape index (κ2) is 7.11. The van der Waals surface area contributed by atoms with Crippen LogP contribution in [0, 0.1) is 0 Å². The SMILES string of the molecule is CCN(c1ccccc1)C(CN)C(C)c1ccccc1. The van der Waals surface area contributed by atoms with Crippen molar-refractivity contribution in [3.63, 3.8) is 0 Å². The summed E-state index contributed by atoms with van der Waals surface area (Å²) in [7, 11) is 0. The number of likely N-dealkylation sites (N-methyl/N-ethyl adjacent to an activating group) is 1. The molecule has 0 saturated carbocycles. The molecule has 2 aromatic carbocycles. The molecule has 0 amide bonds. The molecule has 0 radical (unpaired) electrons. The van der Waals surface area contributed by atoms with Gasteiger partial charge in [-0.3, -0.25) is 0 Å². The predicted molar refractivity (Wildman–Crippen MR) is 87.2 cm³/mol. The lowest BCUT2D eigenvalue weighted by molar-refractivity contribution is 0.527. The van der Waals surface area contributed by atoms with Crippen molar-refractivity contribution in [2.75, 3.05) is 18.0 Å². The Hall–Kier alpha value is -1.80. The topological polar surface area (TPSA) is 29.3 Å². The predicted octanol–water partition coefficient (Wildman–Crippen LogP) is 3.64. The van der Waals surface area contributed by atoms with Gasteiger partial charge >= 0.3 is 0 Å². The van der Waals surface area contributed by atoms with Crippen molar-refractivity contribution < 1.29 is 0 Å². The lowest BCUT2D eigenvalue weighted by Gasteiger charge is -2.36. The molecule has 2 rings (SSSR count). The molecule has 2 heteroatoms. The summed E-state index contributed by atoms with van der Waals surface area (Å²) >= 11 is 0. The van der Waals surface area contributed by atoms with Gasteiger partial charge in [0.1, 0.15) is 0 Å². The van der Waals surface area contributed by atoms with Gasteiger partial charge in [-0.15, -0.1) is 0 Å². The Bertz CT molecular complexity index is 495. The number of hydrogen-bond donors (Lipinski definition) is 1. The van der Waals surface area contributed by atoms with Gasteiger partial charge in [0, 0.05) is 30.7 Å². The molecule has 0 aliphatic heterocycles. The Balaban J connectivity index is 2.26. The van der Waals surface area contributed by atoms with Gasteiger partial charge in [0.25, 0.3) is 0 Å². The molecule has 2 atom stereocenters. The standard InChI is InChI=1S/C18H24N2/c1-3-20(17-12-8-5-9-13-17)18(14-19)15(2)16-10-6-4-7-11-16/h4-13,15,18H,3,14,19H2,1-2H3. The minimum Gasteiger partial charge on any atom is -0.367 e. The Morgan fingerprint density at radius 2 is 1.50 bits per heavy atom. The molecule has 2 unspecified atom stereocenters. The molecular formula is C18H24N2. The van der Waals surface area contributed by atoms with Crippen LogP contribution >= 0.6 is 0 Å². The van der Waals surface area contributed by atoms with E-state index in [-0.39, 0.29) is 0 Å². The number of para-hydroxylation sites is 1. The third kappa shape index (κ3) is 3.20. The fourth-order valence-electron chi connectivity index (χ4n) is 2.81. The molecule has 2 nitrogen and oxygen atoms in total. The molecule has 0 bridgehead atoms. The van der Waals surface area contributed by atoms with Gasteiger partial charge in [0.15, 0.2) is 0 Å². The largest absolute Gasteiger partial charge is 0.367 e. The van der Waals surface area contributed by atoms with Gasteiger partial charge < -0.3 is 10.6 Å². The van der Waals surface area contributed by atoms with Crippen LogP contribution in [0.3, 0.4) is 0 Å². The smallest absolute Gasteiger partial charge is 0.0478 e. The third-order valence-corrected chi connectivity index (χ3v) is 3.97. The van der Waals surface area contributed by atoms with Crippen LogP contribution in [0.2, 0.25) is 0 Å². The molecule has 2 aromatic rings. The Kier molecular flexibility index (Phi) is 5.19. The van der Waals surface area contributed by atoms with Crippen LogP contribution in [-0.4, -0.2) is 19.1 Å². The summed E-state index contributed by atoms with van der Waals surface area (Å²) in [6.45, 7) is 6.06. The van der Waals surface area contributed by atoms with Gasteiger partial charge in [-0.2, -0.15) is 0 Å². The second-order valence-corrected chi connectivity index (χ2v) is 5.12. The van der Waals surface area contributed by atoms with Crippen molar-refractivity contribution in [3.8, 4) is 0 Å². The molecule has 0 aromatic heterocycles. The molecule has 106 valence electrons. The van der Waals surface area contributed by atoms with Gasteiger partial charge in [0.05, 0.1) is 0 Å². The van der Waals surface area contributed by atoms with Gasteiger partial charge in [0.2, 0.25) is 0 Å². The lowest BCUT2D eigenvalue weighted by atomic mass is 9.91. The third-order valence-electron chi connectivity index (χ3n) is 3.97. The van der Waals surface area contributed by atoms with E-state index in [2.05, 4.69) is 79.4 Å². The van der Waals surface area contributed by atoms with Crippen LogP contribution in [0.25, 0.3) is 0 Å². The maximum atomic E-state index is 6.08. The molecule has 0 aliphatic carbocycles. The first kappa shape index (κ1) is 14.6. The van der Waals surface area contributed by atoms with Gasteiger partial charge in [-0.1, -0.05) is 55.5 Å². The van der Waals surface area contributed by atoms with Crippen LogP contribution in [0.15, 0.2) is 60.7 Å². The highest BCUT2D eigenvalue weighted by molar-refractivity contribution is 5.48. The van der Waals surface area contributed by atoms with Gasteiger partial charge in [-0.25, -0.2) is 0 Å². The Morgan fingerprint density at radius 3 is 2.00 bits per heavy atom. The first-order valence-electron chi connectivity index (χ1n) is 7.34. The van der Waals surface area contributed by atoms with Crippen molar-refractivity contribution in [1.29, 1.82) is 0 Å². The van der Waals surface area contributed by atoms with Crippen LogP contribution in [0.4, 0.5) is 5.69 Å². The first-order chi connectivity index (χ1) is 9.77. The molecule has 0 aliphatic rings. The summed E-state index contributed by atoms with van der Waals surface area (Å²) in [5.41, 5.74) is 8.67. The highest BCUT2D eigenvalue weighted by Gasteiger charge is 2.23. The molecule has 2 N–H and O–H groups in total. The number of nitrogens with zero attached hydrogens (tertiary/aromatic N) is 1. The van der Waals surface area contributed by atoms with Crippen LogP contribution < -0.4 is 10.6 Å². The van der Waals surface area contributed by atoms with Crippen molar-refractivity contribution in [2.24, 2.45) is 5.73 Å². The van der Waals surface area contributed by atoms with E-state index in [9.17, 15) is 0 Å². The highest BCUT2D eigenvalue weighted by Crippen LogP contribution is 2.26. The van der Waals surface area contributed by atoms with E-state index in [1.54, 1.807) is 0 Å². The maximum absolute atomic E-state index is 6.08. The van der Waals surface area contributed by atoms with E-state index < -0.39 is 0 Å². The fraction of sp³-hybridized carbons (Fsp3) is 0.333. The summed E-state index contributed by atoms with van der Waals surface area (Å²) in [5.74, 6) is 0.404. The van der Waals surface area contributed by atoms with E-state index in [1.807, 2.05) is 0 Å². The summed E-state index contributed by atoms with van der Waals surface area (Å²) in [6, 6.07) is 21.5. The van der Waals surface area contributed by atoms with Crippen LogP contribution in [-0.2, 0) is 0 Å². The van der Waals surface area contributed by atoms with Crippen molar-refractivity contribution in [3.05, 3.63) is 66.2 Å². The average molecular weight is 268 g/mol. The maximum Gasteiger partial charge on any atom is 0.0478 e. The second-order valence-electron chi connectivity index (χ2n) is 5.12. The zero-order chi connectivity index (χ0) is 14.4. The van der Waals surface area contributed by atoms with Gasteiger partial charge in [-0.05, 0) is 24.6 Å². The molecular weight excluding hydrogens is 244 g/mol. The molecule has 0 heterocycles. The number of anilines is 1. The monoisotopic (exact) mass is 268 g/mol. The van der Waals surface area contributed by atoms with Crippen molar-refractivity contribution >= 4 is 5.69 Å². The highest BCUT2D eigenvalue weighted by atomic mass is 15.2. The normalized spacial score (nSPS) is 13.8. The summed E-state index contributed by atoms with van der Waals surface area (Å²) in [5, 5.41) is 0. The van der Waals surface area contributed by atoms with E-state index in [0.717, 1.165) is 6.54 Å². The van der Waals surface area contributed by atoms with E-state index >= 15 is 0 Å². The Labute approximate surface area is 122 Å². The van der Waals surface area contributed by atoms with E-state index in [0.29, 0.717) is 18.5 Å². The number of hydrogen-bond acceptors (Lipinski definition) is 2. The number of benzene rings is 2. The quantitative estimate of drug-likeness (QED) is 0.866. The molecule has 20 heavy (non-hydrogen) atoms. The summed E-state index contributed by atoms with van der Waals surface area (Å²) < 4.78 is 0. The van der Waals surface area contributed by atoms with E-state index in [4.69, 9.17) is 5.73 Å². The number of nitrogens with two attached hydrogens (primary N) is 1. The lowest BCUT2D eigenvalue weighted by Crippen LogP contribution is -2.44. The zero-order valence-electron chi connectivity index (χ0n) is 12.4. The fourth-order valence-corrected chi connectivity index (χ4v) is 2.81. The number of rotatable bonds is 6. The summed E-state index contributed by atoms with van der Waals surface area (Å²) in [4.78, 5) is 2.40. The zero-order valence-corrected chi connectivity index (χ0v) is 12.4. The minimum atomic E-state index is 0.310. The summed E-state index contributed by atoms with van der Waals surface area (Å²) in [6.07, 6.45) is 0. The van der Waals surface area contributed by atoms with E-state index in [1.165, 1.54) is 11.3 Å². The molecule has 0 saturated heterocycles. The van der Waals surface area contributed by atoms with Crippen molar-refractivity contribution in [2.45, 2.75) is 25.8 Å². The molecule has 0 spiro atoms. The first-order valence-corrected chi connectivity index (χ1v) is 7.34.